The van der Waals surface area contributed by atoms with Gasteiger partial charge in [0.15, 0.2) is 4.80 Å². The van der Waals surface area contributed by atoms with Crippen LogP contribution in [-0.2, 0) is 6.42 Å². The molecule has 0 fully saturated rings. The van der Waals surface area contributed by atoms with Gasteiger partial charge in [-0.2, -0.15) is 0 Å². The Morgan fingerprint density at radius 1 is 0.970 bits per heavy atom. The summed E-state index contributed by atoms with van der Waals surface area (Å²) in [6.45, 7) is 0. The second-order valence-corrected chi connectivity index (χ2v) is 10.2. The van der Waals surface area contributed by atoms with Gasteiger partial charge in [-0.15, -0.1) is 11.8 Å². The molecule has 2 aliphatic rings. The van der Waals surface area contributed by atoms with Crippen molar-refractivity contribution >= 4 is 34.9 Å². The van der Waals surface area contributed by atoms with E-state index in [2.05, 4.69) is 79.1 Å². The first-order chi connectivity index (χ1) is 16.2. The molecule has 6 rings (SSSR count). The summed E-state index contributed by atoms with van der Waals surface area (Å²) in [6, 6.07) is 27.1. The highest BCUT2D eigenvalue weighted by Crippen LogP contribution is 2.41. The number of aromatic nitrogens is 1. The number of thioether (sulfide) groups is 1. The maximum atomic E-state index is 13.7. The van der Waals surface area contributed by atoms with Gasteiger partial charge in [-0.25, -0.2) is 4.99 Å². The molecule has 162 valence electrons. The number of fused-ring (bicyclic) bond motifs is 3. The Morgan fingerprint density at radius 3 is 2.52 bits per heavy atom. The summed E-state index contributed by atoms with van der Waals surface area (Å²) < 4.78 is 2.63. The first kappa shape index (κ1) is 20.5. The van der Waals surface area contributed by atoms with Crippen LogP contribution >= 0.6 is 23.1 Å². The van der Waals surface area contributed by atoms with Gasteiger partial charge in [-0.05, 0) is 59.6 Å². The molecule has 1 atom stereocenters. The molecule has 1 aromatic heterocycles. The maximum Gasteiger partial charge on any atom is 0.271 e. The van der Waals surface area contributed by atoms with E-state index in [1.807, 2.05) is 16.7 Å². The van der Waals surface area contributed by atoms with E-state index in [9.17, 15) is 4.79 Å². The number of allylic oxidation sites excluding steroid dienone is 1. The highest BCUT2D eigenvalue weighted by molar-refractivity contribution is 7.98. The summed E-state index contributed by atoms with van der Waals surface area (Å²) in [5.74, 6) is 0. The lowest BCUT2D eigenvalue weighted by atomic mass is 9.83. The molecule has 0 spiro atoms. The molecular formula is C28H22N2OS2. The molecule has 5 heteroatoms. The van der Waals surface area contributed by atoms with Gasteiger partial charge < -0.3 is 0 Å². The van der Waals surface area contributed by atoms with Crippen molar-refractivity contribution in [2.75, 3.05) is 6.26 Å². The fourth-order valence-electron chi connectivity index (χ4n) is 4.81. The fourth-order valence-corrected chi connectivity index (χ4v) is 6.22. The van der Waals surface area contributed by atoms with Crippen molar-refractivity contribution in [2.24, 2.45) is 4.99 Å². The van der Waals surface area contributed by atoms with E-state index >= 15 is 0 Å². The Balaban J connectivity index is 1.59. The number of aryl methyl sites for hydroxylation is 1. The summed E-state index contributed by atoms with van der Waals surface area (Å²) in [5.41, 5.74) is 7.02. The molecule has 3 nitrogen and oxygen atoms in total. The molecule has 0 saturated heterocycles. The van der Waals surface area contributed by atoms with Crippen LogP contribution in [-0.4, -0.2) is 10.8 Å². The van der Waals surface area contributed by atoms with Crippen molar-refractivity contribution < 1.29 is 0 Å². The second kappa shape index (κ2) is 8.32. The largest absolute Gasteiger partial charge is 0.272 e. The second-order valence-electron chi connectivity index (χ2n) is 8.30. The molecule has 33 heavy (non-hydrogen) atoms. The standard InChI is InChI=1S/C28H22N2OS2/c1-32-21-14-11-18(12-15-21)17-24-27(31)30-26(20-8-3-2-4-9-20)23-16-13-19-7-5-6-10-22(19)25(23)29-28(30)33-24/h2-12,14-15,17,26H,13,16H2,1H3/b24-17-. The third-order valence-corrected chi connectivity index (χ3v) is 8.13. The maximum absolute atomic E-state index is 13.7. The first-order valence-corrected chi connectivity index (χ1v) is 13.1. The van der Waals surface area contributed by atoms with E-state index < -0.39 is 0 Å². The zero-order valence-electron chi connectivity index (χ0n) is 18.2. The van der Waals surface area contributed by atoms with Gasteiger partial charge in [0.05, 0.1) is 16.3 Å². The molecule has 0 amide bonds. The summed E-state index contributed by atoms with van der Waals surface area (Å²) in [5, 5.41) is 0. The molecule has 1 unspecified atom stereocenters. The van der Waals surface area contributed by atoms with E-state index in [1.165, 1.54) is 32.9 Å². The van der Waals surface area contributed by atoms with Crippen molar-refractivity contribution in [1.29, 1.82) is 0 Å². The Labute approximate surface area is 200 Å². The molecule has 1 aliphatic heterocycles. The van der Waals surface area contributed by atoms with E-state index in [0.717, 1.165) is 39.0 Å². The van der Waals surface area contributed by atoms with Gasteiger partial charge in [-0.3, -0.25) is 9.36 Å². The number of rotatable bonds is 3. The van der Waals surface area contributed by atoms with E-state index in [0.29, 0.717) is 0 Å². The lowest BCUT2D eigenvalue weighted by molar-refractivity contribution is 0.585. The highest BCUT2D eigenvalue weighted by Gasteiger charge is 2.32. The van der Waals surface area contributed by atoms with Crippen LogP contribution in [0.5, 0.6) is 0 Å². The van der Waals surface area contributed by atoms with Gasteiger partial charge in [-0.1, -0.05) is 78.1 Å². The number of nitrogens with zero attached hydrogens (tertiary/aromatic N) is 2. The van der Waals surface area contributed by atoms with Crippen molar-refractivity contribution in [3.63, 3.8) is 0 Å². The number of thiazole rings is 1. The van der Waals surface area contributed by atoms with E-state index in [1.54, 1.807) is 11.8 Å². The Bertz CT molecular complexity index is 1560. The van der Waals surface area contributed by atoms with Crippen molar-refractivity contribution in [3.8, 4) is 0 Å². The minimum absolute atomic E-state index is 0.0342. The Kier molecular flexibility index (Phi) is 5.16. The Morgan fingerprint density at radius 2 is 1.73 bits per heavy atom. The van der Waals surface area contributed by atoms with Crippen molar-refractivity contribution in [3.05, 3.63) is 126 Å². The van der Waals surface area contributed by atoms with Crippen LogP contribution in [0.4, 0.5) is 0 Å². The third kappa shape index (κ3) is 3.52. The normalized spacial score (nSPS) is 17.2. The molecule has 1 aliphatic carbocycles. The highest BCUT2D eigenvalue weighted by atomic mass is 32.2. The van der Waals surface area contributed by atoms with E-state index in [-0.39, 0.29) is 11.6 Å². The molecule has 0 saturated carbocycles. The monoisotopic (exact) mass is 466 g/mol. The van der Waals surface area contributed by atoms with Crippen LogP contribution in [0.3, 0.4) is 0 Å². The molecule has 3 aromatic carbocycles. The number of benzene rings is 3. The van der Waals surface area contributed by atoms with E-state index in [4.69, 9.17) is 4.99 Å². The number of hydrogen-bond donors (Lipinski definition) is 0. The molecular weight excluding hydrogens is 444 g/mol. The summed E-state index contributed by atoms with van der Waals surface area (Å²) in [7, 11) is 0. The minimum atomic E-state index is -0.119. The van der Waals surface area contributed by atoms with Gasteiger partial charge in [0.25, 0.3) is 5.56 Å². The summed E-state index contributed by atoms with van der Waals surface area (Å²) in [4.78, 5) is 20.8. The van der Waals surface area contributed by atoms with Gasteiger partial charge in [0.2, 0.25) is 0 Å². The van der Waals surface area contributed by atoms with Crippen LogP contribution in [0.2, 0.25) is 0 Å². The summed E-state index contributed by atoms with van der Waals surface area (Å²) in [6.07, 6.45) is 5.94. The SMILES string of the molecule is CSc1ccc(/C=c2\sc3n(c2=O)C(c2ccccc2)C2=C(N=3)c3ccccc3CC2)cc1. The smallest absolute Gasteiger partial charge is 0.271 e. The molecule has 0 N–H and O–H groups in total. The topological polar surface area (TPSA) is 34.4 Å². The van der Waals surface area contributed by atoms with Crippen LogP contribution < -0.4 is 14.9 Å². The fraction of sp³-hybridized carbons (Fsp3) is 0.143. The van der Waals surface area contributed by atoms with Crippen LogP contribution in [0.25, 0.3) is 11.8 Å². The van der Waals surface area contributed by atoms with Gasteiger partial charge >= 0.3 is 0 Å². The summed E-state index contributed by atoms with van der Waals surface area (Å²) >= 11 is 3.20. The Hall–Kier alpha value is -3.15. The average molecular weight is 467 g/mol. The predicted octanol–water partition coefficient (Wildman–Crippen LogP) is 5.04. The quantitative estimate of drug-likeness (QED) is 0.397. The molecule has 0 bridgehead atoms. The molecule has 2 heterocycles. The molecule has 0 radical (unpaired) electrons. The number of hydrogen-bond acceptors (Lipinski definition) is 4. The van der Waals surface area contributed by atoms with Crippen LogP contribution in [0.1, 0.15) is 34.7 Å². The van der Waals surface area contributed by atoms with Crippen LogP contribution in [0, 0.1) is 0 Å². The first-order valence-electron chi connectivity index (χ1n) is 11.0. The zero-order valence-corrected chi connectivity index (χ0v) is 19.8. The van der Waals surface area contributed by atoms with Crippen LogP contribution in [0.15, 0.2) is 99.1 Å². The average Bonchev–Trinajstić information content (AvgIpc) is 3.18. The van der Waals surface area contributed by atoms with Gasteiger partial charge in [0.1, 0.15) is 0 Å². The van der Waals surface area contributed by atoms with Crippen molar-refractivity contribution in [1.82, 2.24) is 4.57 Å². The van der Waals surface area contributed by atoms with Gasteiger partial charge in [0, 0.05) is 10.5 Å². The third-order valence-electron chi connectivity index (χ3n) is 6.40. The minimum Gasteiger partial charge on any atom is -0.272 e. The zero-order chi connectivity index (χ0) is 22.4. The lowest BCUT2D eigenvalue weighted by Crippen LogP contribution is -2.38. The lowest BCUT2D eigenvalue weighted by Gasteiger charge is -2.30. The predicted molar refractivity (Wildman–Crippen MR) is 137 cm³/mol. The van der Waals surface area contributed by atoms with Crippen molar-refractivity contribution in [2.45, 2.75) is 23.8 Å². The molecule has 4 aromatic rings.